The van der Waals surface area contributed by atoms with Crippen molar-refractivity contribution in [2.75, 3.05) is 6.61 Å². The van der Waals surface area contributed by atoms with Crippen LogP contribution in [-0.2, 0) is 15.2 Å². The second kappa shape index (κ2) is 2.58. The van der Waals surface area contributed by atoms with E-state index in [2.05, 4.69) is 50.4 Å². The summed E-state index contributed by atoms with van der Waals surface area (Å²) in [7, 11) is 0. The molecule has 3 atom stereocenters. The lowest BCUT2D eigenvalue weighted by molar-refractivity contribution is -0.0718. The first-order chi connectivity index (χ1) is 7.99. The average Bonchev–Trinajstić information content (AvgIpc) is 2.81. The van der Waals surface area contributed by atoms with E-state index in [0.29, 0.717) is 6.61 Å². The molecule has 2 aliphatic heterocycles. The Balaban J connectivity index is 1.92. The van der Waals surface area contributed by atoms with E-state index >= 15 is 0 Å². The highest BCUT2D eigenvalue weighted by molar-refractivity contribution is 5.50. The lowest BCUT2D eigenvalue weighted by Gasteiger charge is -2.32. The van der Waals surface area contributed by atoms with Gasteiger partial charge in [0.05, 0.1) is 6.61 Å². The van der Waals surface area contributed by atoms with Crippen LogP contribution in [0.5, 0.6) is 0 Å². The smallest absolute Gasteiger partial charge is 0.178 e. The maximum atomic E-state index is 6.16. The molecule has 2 heterocycles. The molecule has 3 nitrogen and oxygen atoms in total. The molecule has 1 N–H and O–H groups in total. The third-order valence-electron chi connectivity index (χ3n) is 4.29. The van der Waals surface area contributed by atoms with Crippen molar-refractivity contribution in [1.82, 2.24) is 5.32 Å². The molecule has 2 fully saturated rings. The van der Waals surface area contributed by atoms with Crippen molar-refractivity contribution >= 4 is 0 Å². The van der Waals surface area contributed by atoms with Crippen LogP contribution in [0.1, 0.15) is 38.0 Å². The molecule has 0 radical (unpaired) electrons. The number of benzene rings is 1. The number of fused-ring (bicyclic) bond motifs is 5. The Kier molecular flexibility index (Phi) is 1.53. The van der Waals surface area contributed by atoms with E-state index in [1.807, 2.05) is 0 Å². The van der Waals surface area contributed by atoms with Gasteiger partial charge in [-0.05, 0) is 26.3 Å². The summed E-state index contributed by atoms with van der Waals surface area (Å²) in [5.74, 6) is 0. The van der Waals surface area contributed by atoms with E-state index in [1.54, 1.807) is 0 Å². The average molecular weight is 231 g/mol. The molecule has 1 aromatic rings. The number of epoxide rings is 1. The summed E-state index contributed by atoms with van der Waals surface area (Å²) in [4.78, 5) is 0. The monoisotopic (exact) mass is 231 g/mol. The van der Waals surface area contributed by atoms with Gasteiger partial charge in [0, 0.05) is 11.1 Å². The van der Waals surface area contributed by atoms with Gasteiger partial charge in [-0.2, -0.15) is 0 Å². The molecule has 0 unspecified atom stereocenters. The quantitative estimate of drug-likeness (QED) is 0.694. The highest BCUT2D eigenvalue weighted by Crippen LogP contribution is 2.67. The minimum absolute atomic E-state index is 0.00301. The van der Waals surface area contributed by atoms with Crippen molar-refractivity contribution in [3.8, 4) is 0 Å². The first-order valence-electron chi connectivity index (χ1n) is 6.19. The zero-order chi connectivity index (χ0) is 11.9. The van der Waals surface area contributed by atoms with Gasteiger partial charge in [0.2, 0.25) is 0 Å². The molecule has 1 aliphatic carbocycles. The Morgan fingerprint density at radius 1 is 1.24 bits per heavy atom. The summed E-state index contributed by atoms with van der Waals surface area (Å²) < 4.78 is 12.1. The van der Waals surface area contributed by atoms with Crippen LogP contribution in [-0.4, -0.2) is 17.7 Å². The molecular weight excluding hydrogens is 214 g/mol. The van der Waals surface area contributed by atoms with Crippen molar-refractivity contribution in [2.45, 2.75) is 43.7 Å². The second-order valence-corrected chi connectivity index (χ2v) is 6.17. The molecule has 90 valence electrons. The largest absolute Gasteiger partial charge is 0.356 e. The first kappa shape index (κ1) is 10.1. The fraction of sp³-hybridized carbons (Fsp3) is 0.571. The molecule has 3 aliphatic rings. The number of nitrogens with one attached hydrogen (secondary N) is 1. The molecule has 1 aromatic carbocycles. The van der Waals surface area contributed by atoms with E-state index in [-0.39, 0.29) is 17.2 Å². The molecule has 17 heavy (non-hydrogen) atoms. The zero-order valence-electron chi connectivity index (χ0n) is 10.4. The van der Waals surface area contributed by atoms with Crippen LogP contribution in [0.2, 0.25) is 0 Å². The van der Waals surface area contributed by atoms with E-state index in [9.17, 15) is 0 Å². The van der Waals surface area contributed by atoms with Gasteiger partial charge in [0.1, 0.15) is 11.7 Å². The third kappa shape index (κ3) is 0.992. The normalized spacial score (nSPS) is 44.8. The molecule has 0 amide bonds. The minimum Gasteiger partial charge on any atom is -0.356 e. The van der Waals surface area contributed by atoms with E-state index in [0.717, 1.165) is 0 Å². The molecular formula is C14H17NO2. The fourth-order valence-corrected chi connectivity index (χ4v) is 3.40. The van der Waals surface area contributed by atoms with Crippen LogP contribution in [0.15, 0.2) is 24.3 Å². The third-order valence-corrected chi connectivity index (χ3v) is 4.29. The lowest BCUT2D eigenvalue weighted by atomic mass is 9.94. The first-order valence-corrected chi connectivity index (χ1v) is 6.19. The Hall–Kier alpha value is -0.900. The van der Waals surface area contributed by atoms with Crippen molar-refractivity contribution in [3.05, 3.63) is 35.4 Å². The van der Waals surface area contributed by atoms with E-state index in [4.69, 9.17) is 9.47 Å². The highest BCUT2D eigenvalue weighted by Gasteiger charge is 2.76. The number of ether oxygens (including phenoxy) is 2. The van der Waals surface area contributed by atoms with Gasteiger partial charge >= 0.3 is 0 Å². The highest BCUT2D eigenvalue weighted by atomic mass is 16.7. The standard InChI is InChI=1S/C14H17NO2/c1-12(2)8-16-14(15-12)10-7-5-4-6-9(10)11-13(14,3)17-11/h4-7,11,15H,8H2,1-3H3/t11-,13-,14-/m1/s1. The predicted octanol–water partition coefficient (Wildman–Crippen LogP) is 2.08. The maximum Gasteiger partial charge on any atom is 0.178 e. The van der Waals surface area contributed by atoms with Crippen LogP contribution >= 0.6 is 0 Å². The van der Waals surface area contributed by atoms with Crippen LogP contribution in [0.25, 0.3) is 0 Å². The lowest BCUT2D eigenvalue weighted by Crippen LogP contribution is -2.52. The van der Waals surface area contributed by atoms with Crippen molar-refractivity contribution in [2.24, 2.45) is 0 Å². The van der Waals surface area contributed by atoms with Crippen LogP contribution in [0, 0.1) is 0 Å². The second-order valence-electron chi connectivity index (χ2n) is 6.17. The van der Waals surface area contributed by atoms with Gasteiger partial charge in [-0.15, -0.1) is 0 Å². The van der Waals surface area contributed by atoms with E-state index < -0.39 is 5.72 Å². The molecule has 0 aromatic heterocycles. The van der Waals surface area contributed by atoms with Gasteiger partial charge in [-0.25, -0.2) is 0 Å². The van der Waals surface area contributed by atoms with Gasteiger partial charge in [-0.1, -0.05) is 24.3 Å². The van der Waals surface area contributed by atoms with Gasteiger partial charge in [0.25, 0.3) is 0 Å². The van der Waals surface area contributed by atoms with Crippen LogP contribution < -0.4 is 5.32 Å². The molecule has 3 heteroatoms. The summed E-state index contributed by atoms with van der Waals surface area (Å²) in [6.07, 6.45) is 0.195. The zero-order valence-corrected chi connectivity index (χ0v) is 10.4. The molecule has 0 bridgehead atoms. The molecule has 4 rings (SSSR count). The molecule has 1 spiro atoms. The van der Waals surface area contributed by atoms with Crippen LogP contribution in [0.3, 0.4) is 0 Å². The van der Waals surface area contributed by atoms with Gasteiger partial charge < -0.3 is 9.47 Å². The summed E-state index contributed by atoms with van der Waals surface area (Å²) in [5, 5.41) is 3.65. The SMILES string of the molecule is CC1(C)CO[C@]2(N1)c1ccccc1[C@H]1O[C@]12C. The summed E-state index contributed by atoms with van der Waals surface area (Å²) in [5.41, 5.74) is 1.85. The molecule has 2 saturated heterocycles. The summed E-state index contributed by atoms with van der Waals surface area (Å²) in [6, 6.07) is 8.45. The minimum atomic E-state index is -0.447. The number of hydrogen-bond acceptors (Lipinski definition) is 3. The Morgan fingerprint density at radius 3 is 2.71 bits per heavy atom. The van der Waals surface area contributed by atoms with Gasteiger partial charge in [0.15, 0.2) is 5.72 Å². The number of hydrogen-bond donors (Lipinski definition) is 1. The van der Waals surface area contributed by atoms with Crippen molar-refractivity contribution in [1.29, 1.82) is 0 Å². The summed E-state index contributed by atoms with van der Waals surface area (Å²) in [6.45, 7) is 7.20. The fourth-order valence-electron chi connectivity index (χ4n) is 3.40. The topological polar surface area (TPSA) is 33.8 Å². The van der Waals surface area contributed by atoms with Crippen LogP contribution in [0.4, 0.5) is 0 Å². The molecule has 0 saturated carbocycles. The number of rotatable bonds is 0. The Labute approximate surface area is 101 Å². The van der Waals surface area contributed by atoms with Crippen molar-refractivity contribution < 1.29 is 9.47 Å². The van der Waals surface area contributed by atoms with Crippen molar-refractivity contribution in [3.63, 3.8) is 0 Å². The Bertz CT molecular complexity index is 513. The summed E-state index contributed by atoms with van der Waals surface area (Å²) >= 11 is 0. The maximum absolute atomic E-state index is 6.16. The van der Waals surface area contributed by atoms with Gasteiger partial charge in [-0.3, -0.25) is 5.32 Å². The van der Waals surface area contributed by atoms with E-state index in [1.165, 1.54) is 11.1 Å². The Morgan fingerprint density at radius 2 is 2.00 bits per heavy atom. The predicted molar refractivity (Wildman–Crippen MR) is 63.5 cm³/mol.